The van der Waals surface area contributed by atoms with Crippen LogP contribution < -0.4 is 44.0 Å². The van der Waals surface area contributed by atoms with Gasteiger partial charge in [-0.2, -0.15) is 0 Å². The Balaban J connectivity index is 2.59. The van der Waals surface area contributed by atoms with Gasteiger partial charge in [-0.25, -0.2) is 0 Å². The summed E-state index contributed by atoms with van der Waals surface area (Å²) in [6.07, 6.45) is 2.49. The predicted molar refractivity (Wildman–Crippen MR) is 192 cm³/mol. The van der Waals surface area contributed by atoms with Crippen molar-refractivity contribution in [3.8, 4) is 34.5 Å². The van der Waals surface area contributed by atoms with Crippen LogP contribution in [0.5, 0.6) is 34.5 Å². The average molecular weight is 645 g/mol. The number of hydrogen-bond donors (Lipinski definition) is 0. The van der Waals surface area contributed by atoms with E-state index in [0.717, 1.165) is 83.4 Å². The molecule has 3 aromatic rings. The lowest BCUT2D eigenvalue weighted by atomic mass is 10.0. The van der Waals surface area contributed by atoms with Gasteiger partial charge in [-0.15, -0.1) is 0 Å². The summed E-state index contributed by atoms with van der Waals surface area (Å²) in [5.41, 5.74) is 9.98. The Morgan fingerprint density at radius 1 is 0.478 bits per heavy atom. The molecule has 0 radical (unpaired) electrons. The highest BCUT2D eigenvalue weighted by Crippen LogP contribution is 2.56. The van der Waals surface area contributed by atoms with Gasteiger partial charge in [-0.1, -0.05) is 24.1 Å². The summed E-state index contributed by atoms with van der Waals surface area (Å²) in [4.78, 5) is 0. The highest BCUT2D eigenvalue weighted by atomic mass is 28.3. The second-order valence-electron chi connectivity index (χ2n) is 12.8. The van der Waals surface area contributed by atoms with Crippen LogP contribution in [0.3, 0.4) is 0 Å². The standard InChI is InChI=1S/C39H52O6Si/c1-21-17-30(40-11)26(6)33(43-14)36(21)46(39(10)20-24(4)25(5)29(39)9,37-22(2)18-31(41-12)27(7)34(37)44-15)38-23(3)19-32(42-13)28(8)35(38)45-16/h17-20H,1-16H3. The van der Waals surface area contributed by atoms with Crippen molar-refractivity contribution in [2.24, 2.45) is 0 Å². The smallest absolute Gasteiger partial charge is 0.176 e. The SMILES string of the molecule is COc1cc(C)c([Si](c2c(C)cc(OC)c(C)c2OC)(c2c(C)cc(OC)c(C)c2OC)C2(C)C=C(C)C(C)=C2C)c(OC)c1C. The summed E-state index contributed by atoms with van der Waals surface area (Å²) in [7, 11) is 6.97. The maximum atomic E-state index is 6.51. The van der Waals surface area contributed by atoms with Crippen molar-refractivity contribution in [2.75, 3.05) is 42.7 Å². The first-order valence-electron chi connectivity index (χ1n) is 15.7. The van der Waals surface area contributed by atoms with Gasteiger partial charge in [0.2, 0.25) is 0 Å². The lowest BCUT2D eigenvalue weighted by molar-refractivity contribution is 0.388. The first-order chi connectivity index (χ1) is 21.7. The second kappa shape index (κ2) is 12.7. The maximum absolute atomic E-state index is 6.51. The molecule has 0 saturated carbocycles. The molecule has 1 unspecified atom stereocenters. The van der Waals surface area contributed by atoms with E-state index in [1.807, 2.05) is 0 Å². The van der Waals surface area contributed by atoms with Crippen molar-refractivity contribution in [3.05, 3.63) is 74.4 Å². The van der Waals surface area contributed by atoms with Crippen LogP contribution in [0.4, 0.5) is 0 Å². The normalized spacial score (nSPS) is 16.4. The molecule has 4 rings (SSSR count). The monoisotopic (exact) mass is 644 g/mol. The number of ether oxygens (including phenoxy) is 6. The number of benzene rings is 3. The molecule has 0 spiro atoms. The average Bonchev–Trinajstić information content (AvgIpc) is 3.23. The zero-order chi connectivity index (χ0) is 34.5. The Morgan fingerprint density at radius 3 is 1.00 bits per heavy atom. The molecular formula is C39H52O6Si. The fourth-order valence-corrected chi connectivity index (χ4v) is 15.6. The minimum atomic E-state index is -3.47. The van der Waals surface area contributed by atoms with Crippen LogP contribution >= 0.6 is 0 Å². The van der Waals surface area contributed by atoms with Crippen molar-refractivity contribution >= 4 is 23.6 Å². The van der Waals surface area contributed by atoms with Crippen molar-refractivity contribution in [3.63, 3.8) is 0 Å². The van der Waals surface area contributed by atoms with Crippen LogP contribution in [-0.2, 0) is 0 Å². The van der Waals surface area contributed by atoms with E-state index >= 15 is 0 Å². The van der Waals surface area contributed by atoms with Gasteiger partial charge in [0.25, 0.3) is 0 Å². The van der Waals surface area contributed by atoms with Crippen LogP contribution in [0.1, 0.15) is 61.1 Å². The minimum Gasteiger partial charge on any atom is -0.496 e. The molecule has 248 valence electrons. The molecule has 46 heavy (non-hydrogen) atoms. The van der Waals surface area contributed by atoms with E-state index in [0.29, 0.717) is 0 Å². The third-order valence-electron chi connectivity index (χ3n) is 10.7. The number of methoxy groups -OCH3 is 6. The van der Waals surface area contributed by atoms with Crippen molar-refractivity contribution in [2.45, 2.75) is 74.3 Å². The third-order valence-corrected chi connectivity index (χ3v) is 16.8. The molecular weight excluding hydrogens is 593 g/mol. The zero-order valence-electron chi connectivity index (χ0n) is 30.8. The predicted octanol–water partition coefficient (Wildman–Crippen LogP) is 7.12. The zero-order valence-corrected chi connectivity index (χ0v) is 31.8. The summed E-state index contributed by atoms with van der Waals surface area (Å²) in [5.74, 6) is 4.82. The summed E-state index contributed by atoms with van der Waals surface area (Å²) in [5, 5.41) is 2.99. The largest absolute Gasteiger partial charge is 0.496 e. The summed E-state index contributed by atoms with van der Waals surface area (Å²) >= 11 is 0. The van der Waals surface area contributed by atoms with Crippen LogP contribution in [-0.4, -0.2) is 50.7 Å². The Labute approximate surface area is 277 Å². The van der Waals surface area contributed by atoms with E-state index in [1.54, 1.807) is 42.7 Å². The Morgan fingerprint density at radius 2 is 0.783 bits per heavy atom. The van der Waals surface area contributed by atoms with Gasteiger partial charge in [-0.05, 0) is 118 Å². The molecule has 0 saturated heterocycles. The number of allylic oxidation sites excluding steroid dienone is 4. The Bertz CT molecular complexity index is 1600. The molecule has 0 aromatic heterocycles. The van der Waals surface area contributed by atoms with Crippen molar-refractivity contribution in [1.82, 2.24) is 0 Å². The van der Waals surface area contributed by atoms with Crippen LogP contribution in [0, 0.1) is 41.5 Å². The van der Waals surface area contributed by atoms with Gasteiger partial charge >= 0.3 is 0 Å². The molecule has 0 amide bonds. The molecule has 3 aromatic carbocycles. The van der Waals surface area contributed by atoms with E-state index in [-0.39, 0.29) is 0 Å². The minimum absolute atomic E-state index is 0.488. The van der Waals surface area contributed by atoms with Crippen molar-refractivity contribution in [1.29, 1.82) is 0 Å². The van der Waals surface area contributed by atoms with Gasteiger partial charge in [0.1, 0.15) is 34.5 Å². The van der Waals surface area contributed by atoms with Gasteiger partial charge in [0.05, 0.1) is 42.7 Å². The van der Waals surface area contributed by atoms with Gasteiger partial charge in [0, 0.05) is 21.7 Å². The molecule has 1 aliphatic carbocycles. The fraction of sp³-hybridized carbons (Fsp3) is 0.436. The molecule has 0 fully saturated rings. The van der Waals surface area contributed by atoms with Crippen LogP contribution in [0.25, 0.3) is 0 Å². The summed E-state index contributed by atoms with van der Waals surface area (Å²) < 4.78 is 37.3. The second-order valence-corrected chi connectivity index (χ2v) is 16.9. The molecule has 0 bridgehead atoms. The maximum Gasteiger partial charge on any atom is 0.176 e. The topological polar surface area (TPSA) is 55.4 Å². The lowest BCUT2D eigenvalue weighted by Gasteiger charge is -2.50. The van der Waals surface area contributed by atoms with E-state index in [4.69, 9.17) is 28.4 Å². The third kappa shape index (κ3) is 4.72. The highest BCUT2D eigenvalue weighted by Gasteiger charge is 2.62. The van der Waals surface area contributed by atoms with Gasteiger partial charge in [-0.3, -0.25) is 0 Å². The summed E-state index contributed by atoms with van der Waals surface area (Å²) in [6, 6.07) is 6.48. The van der Waals surface area contributed by atoms with Crippen molar-refractivity contribution < 1.29 is 28.4 Å². The molecule has 1 atom stereocenters. The quantitative estimate of drug-likeness (QED) is 0.173. The molecule has 0 heterocycles. The van der Waals surface area contributed by atoms with Gasteiger partial charge in [0.15, 0.2) is 8.07 Å². The Kier molecular flexibility index (Phi) is 9.70. The first-order valence-corrected chi connectivity index (χ1v) is 17.7. The van der Waals surface area contributed by atoms with E-state index in [9.17, 15) is 0 Å². The van der Waals surface area contributed by atoms with Crippen LogP contribution in [0.2, 0.25) is 5.04 Å². The molecule has 6 nitrogen and oxygen atoms in total. The summed E-state index contributed by atoms with van der Waals surface area (Å²) in [6.45, 7) is 21.9. The van der Waals surface area contributed by atoms with Gasteiger partial charge < -0.3 is 28.4 Å². The van der Waals surface area contributed by atoms with Crippen LogP contribution in [0.15, 0.2) is 41.0 Å². The number of aryl methyl sites for hydroxylation is 3. The molecule has 7 heteroatoms. The molecule has 0 N–H and O–H groups in total. The molecule has 1 aliphatic rings. The van der Waals surface area contributed by atoms with E-state index in [2.05, 4.69) is 93.5 Å². The fourth-order valence-electron chi connectivity index (χ4n) is 8.24. The number of rotatable bonds is 10. The number of hydrogen-bond acceptors (Lipinski definition) is 6. The highest BCUT2D eigenvalue weighted by molar-refractivity contribution is 7.16. The first kappa shape index (κ1) is 35.0. The lowest BCUT2D eigenvalue weighted by Crippen LogP contribution is -2.75. The Hall–Kier alpha value is -3.84. The van der Waals surface area contributed by atoms with E-state index < -0.39 is 13.1 Å². The van der Waals surface area contributed by atoms with E-state index in [1.165, 1.54) is 16.7 Å². The molecule has 0 aliphatic heterocycles.